The van der Waals surface area contributed by atoms with Gasteiger partial charge >= 0.3 is 0 Å². The molecule has 0 aliphatic carbocycles. The Hall–Kier alpha value is -3.55. The van der Waals surface area contributed by atoms with E-state index in [1.165, 1.54) is 16.9 Å². The highest BCUT2D eigenvalue weighted by atomic mass is 19.1. The van der Waals surface area contributed by atoms with Gasteiger partial charge in [0.15, 0.2) is 0 Å². The minimum Gasteiger partial charge on any atom is -0.309 e. The largest absolute Gasteiger partial charge is 0.309 e. The molecule has 7 nitrogen and oxygen atoms in total. The van der Waals surface area contributed by atoms with Crippen molar-refractivity contribution in [3.63, 3.8) is 0 Å². The van der Waals surface area contributed by atoms with E-state index in [4.69, 9.17) is 0 Å². The van der Waals surface area contributed by atoms with Crippen LogP contribution in [0, 0.1) is 12.7 Å². The zero-order chi connectivity index (χ0) is 18.8. The van der Waals surface area contributed by atoms with Crippen LogP contribution in [0.5, 0.6) is 0 Å². The van der Waals surface area contributed by atoms with Crippen LogP contribution in [0.3, 0.4) is 0 Å². The van der Waals surface area contributed by atoms with Gasteiger partial charge in [-0.05, 0) is 36.8 Å². The molecule has 1 N–H and O–H groups in total. The molecule has 2 aromatic heterocycles. The predicted octanol–water partition coefficient (Wildman–Crippen LogP) is 2.76. The molecule has 4 rings (SSSR count). The number of halogens is 1. The van der Waals surface area contributed by atoms with E-state index in [-0.39, 0.29) is 18.3 Å². The van der Waals surface area contributed by atoms with Crippen molar-refractivity contribution in [2.45, 2.75) is 20.0 Å². The number of amides is 1. The van der Waals surface area contributed by atoms with Gasteiger partial charge in [-0.25, -0.2) is 9.07 Å². The maximum Gasteiger partial charge on any atom is 0.249 e. The molecule has 136 valence electrons. The van der Waals surface area contributed by atoms with Crippen molar-refractivity contribution >= 4 is 22.8 Å². The Morgan fingerprint density at radius 3 is 2.56 bits per heavy atom. The molecule has 0 spiro atoms. The Morgan fingerprint density at radius 2 is 1.85 bits per heavy atom. The second kappa shape index (κ2) is 6.99. The van der Waals surface area contributed by atoms with Crippen LogP contribution in [-0.2, 0) is 17.9 Å². The van der Waals surface area contributed by atoms with Crippen molar-refractivity contribution < 1.29 is 9.18 Å². The third-order valence-electron chi connectivity index (χ3n) is 4.11. The number of aryl methyl sites for hydroxylation is 1. The Kier molecular flexibility index (Phi) is 4.37. The van der Waals surface area contributed by atoms with Crippen molar-refractivity contribution in [1.29, 1.82) is 0 Å². The third kappa shape index (κ3) is 3.69. The topological polar surface area (TPSA) is 77.6 Å². The van der Waals surface area contributed by atoms with Gasteiger partial charge in [0.1, 0.15) is 29.2 Å². The van der Waals surface area contributed by atoms with Gasteiger partial charge in [0.05, 0.1) is 12.7 Å². The van der Waals surface area contributed by atoms with Crippen molar-refractivity contribution in [1.82, 2.24) is 24.8 Å². The molecule has 2 heterocycles. The van der Waals surface area contributed by atoms with E-state index >= 15 is 0 Å². The summed E-state index contributed by atoms with van der Waals surface area (Å²) in [6, 6.07) is 13.7. The number of carbonyl (C=O) groups excluding carboxylic acids is 1. The van der Waals surface area contributed by atoms with Crippen LogP contribution in [0.25, 0.3) is 11.0 Å². The molecule has 0 saturated heterocycles. The number of nitrogens with zero attached hydrogens (tertiary/aromatic N) is 5. The summed E-state index contributed by atoms with van der Waals surface area (Å²) in [5, 5.41) is 15.7. The molecular formula is C19H17FN6O. The summed E-state index contributed by atoms with van der Waals surface area (Å²) >= 11 is 0. The molecule has 0 unspecified atom stereocenters. The predicted molar refractivity (Wildman–Crippen MR) is 98.6 cm³/mol. The number of benzene rings is 2. The highest BCUT2D eigenvalue weighted by Crippen LogP contribution is 2.16. The number of rotatable bonds is 5. The van der Waals surface area contributed by atoms with Gasteiger partial charge in [0.25, 0.3) is 0 Å². The monoisotopic (exact) mass is 364 g/mol. The smallest absolute Gasteiger partial charge is 0.249 e. The Labute approximate surface area is 154 Å². The molecule has 0 atom stereocenters. The molecule has 2 aromatic carbocycles. The van der Waals surface area contributed by atoms with Crippen LogP contribution in [0.4, 0.5) is 10.2 Å². The van der Waals surface area contributed by atoms with Crippen molar-refractivity contribution in [3.05, 3.63) is 71.7 Å². The molecule has 27 heavy (non-hydrogen) atoms. The molecule has 0 fully saturated rings. The maximum atomic E-state index is 13.4. The molecule has 1 amide bonds. The number of fused-ring (bicyclic) bond motifs is 1. The van der Waals surface area contributed by atoms with Gasteiger partial charge in [0, 0.05) is 5.56 Å². The van der Waals surface area contributed by atoms with Crippen molar-refractivity contribution in [3.8, 4) is 0 Å². The Balaban J connectivity index is 1.50. The van der Waals surface area contributed by atoms with Gasteiger partial charge in [-0.3, -0.25) is 4.79 Å². The minimum atomic E-state index is -0.307. The third-order valence-corrected chi connectivity index (χ3v) is 4.11. The summed E-state index contributed by atoms with van der Waals surface area (Å²) in [6.45, 7) is 2.19. The number of hydrogen-bond donors (Lipinski definition) is 1. The molecule has 8 heteroatoms. The standard InChI is InChI=1S/C19H17FN6O/c1-13-10-21-25(11-14-5-4-6-15(20)9-14)19(13)22-18(27)12-26-23-16-7-2-3-8-17(16)24-26/h2-10H,11-12H2,1H3,(H,22,27). The maximum absolute atomic E-state index is 13.4. The molecule has 0 aliphatic rings. The molecule has 0 bridgehead atoms. The van der Waals surface area contributed by atoms with Crippen LogP contribution >= 0.6 is 0 Å². The molecule has 0 aliphatic heterocycles. The lowest BCUT2D eigenvalue weighted by atomic mass is 10.2. The summed E-state index contributed by atoms with van der Waals surface area (Å²) < 4.78 is 15.0. The van der Waals surface area contributed by atoms with Crippen LogP contribution in [0.1, 0.15) is 11.1 Å². The average Bonchev–Trinajstić information content (AvgIpc) is 3.19. The van der Waals surface area contributed by atoms with E-state index < -0.39 is 0 Å². The quantitative estimate of drug-likeness (QED) is 0.591. The first kappa shape index (κ1) is 16.9. The van der Waals surface area contributed by atoms with Gasteiger partial charge in [-0.15, -0.1) is 0 Å². The number of nitrogens with one attached hydrogen (secondary N) is 1. The summed E-state index contributed by atoms with van der Waals surface area (Å²) in [7, 11) is 0. The van der Waals surface area contributed by atoms with Crippen LogP contribution < -0.4 is 5.32 Å². The lowest BCUT2D eigenvalue weighted by Crippen LogP contribution is -2.22. The zero-order valence-corrected chi connectivity index (χ0v) is 14.6. The fraction of sp³-hybridized carbons (Fsp3) is 0.158. The van der Waals surface area contributed by atoms with E-state index in [1.54, 1.807) is 16.9 Å². The second-order valence-corrected chi connectivity index (χ2v) is 6.23. The Morgan fingerprint density at radius 1 is 1.11 bits per heavy atom. The first-order chi connectivity index (χ1) is 13.1. The Bertz CT molecular complexity index is 1080. The van der Waals surface area contributed by atoms with Gasteiger partial charge < -0.3 is 5.32 Å². The second-order valence-electron chi connectivity index (χ2n) is 6.23. The first-order valence-electron chi connectivity index (χ1n) is 8.45. The number of carbonyl (C=O) groups is 1. The fourth-order valence-electron chi connectivity index (χ4n) is 2.85. The van der Waals surface area contributed by atoms with Gasteiger partial charge in [-0.2, -0.15) is 20.1 Å². The molecular weight excluding hydrogens is 347 g/mol. The molecule has 0 radical (unpaired) electrons. The molecule has 4 aromatic rings. The first-order valence-corrected chi connectivity index (χ1v) is 8.45. The number of anilines is 1. The lowest BCUT2D eigenvalue weighted by molar-refractivity contribution is -0.117. The van der Waals surface area contributed by atoms with Crippen molar-refractivity contribution in [2.24, 2.45) is 0 Å². The lowest BCUT2D eigenvalue weighted by Gasteiger charge is -2.10. The molecule has 0 saturated carbocycles. The highest BCUT2D eigenvalue weighted by molar-refractivity contribution is 5.90. The normalized spacial score (nSPS) is 11.0. The van der Waals surface area contributed by atoms with Crippen molar-refractivity contribution in [2.75, 3.05) is 5.32 Å². The number of hydrogen-bond acceptors (Lipinski definition) is 4. The minimum absolute atomic E-state index is 0.0146. The van der Waals surface area contributed by atoms with E-state index in [2.05, 4.69) is 20.6 Å². The van der Waals surface area contributed by atoms with Crippen LogP contribution in [-0.4, -0.2) is 30.7 Å². The van der Waals surface area contributed by atoms with E-state index in [0.29, 0.717) is 12.4 Å². The average molecular weight is 364 g/mol. The van der Waals surface area contributed by atoms with Crippen LogP contribution in [0.15, 0.2) is 54.7 Å². The SMILES string of the molecule is Cc1cnn(Cc2cccc(F)c2)c1NC(=O)Cn1nc2ccccc2n1. The van der Waals surface area contributed by atoms with Gasteiger partial charge in [0.2, 0.25) is 5.91 Å². The van der Waals surface area contributed by atoms with E-state index in [9.17, 15) is 9.18 Å². The van der Waals surface area contributed by atoms with E-state index in [0.717, 1.165) is 22.2 Å². The summed E-state index contributed by atoms with van der Waals surface area (Å²) in [5.41, 5.74) is 3.04. The number of aromatic nitrogens is 5. The summed E-state index contributed by atoms with van der Waals surface area (Å²) in [6.07, 6.45) is 1.66. The van der Waals surface area contributed by atoms with Gasteiger partial charge in [-0.1, -0.05) is 24.3 Å². The fourth-order valence-corrected chi connectivity index (χ4v) is 2.85. The van der Waals surface area contributed by atoms with Crippen LogP contribution in [0.2, 0.25) is 0 Å². The zero-order valence-electron chi connectivity index (χ0n) is 14.6. The highest BCUT2D eigenvalue weighted by Gasteiger charge is 2.13. The summed E-state index contributed by atoms with van der Waals surface area (Å²) in [4.78, 5) is 13.8. The van der Waals surface area contributed by atoms with E-state index in [1.807, 2.05) is 37.3 Å². The summed E-state index contributed by atoms with van der Waals surface area (Å²) in [5.74, 6) is -0.000781.